The molecule has 6 heteroatoms. The zero-order valence-electron chi connectivity index (χ0n) is 11.0. The van der Waals surface area contributed by atoms with E-state index in [1.807, 2.05) is 29.5 Å². The van der Waals surface area contributed by atoms with Gasteiger partial charge in [0.05, 0.1) is 11.3 Å². The fourth-order valence-corrected chi connectivity index (χ4v) is 2.65. The van der Waals surface area contributed by atoms with E-state index in [2.05, 4.69) is 5.32 Å². The highest BCUT2D eigenvalue weighted by Crippen LogP contribution is 2.21. The van der Waals surface area contributed by atoms with Crippen molar-refractivity contribution in [1.29, 1.82) is 0 Å². The van der Waals surface area contributed by atoms with Crippen LogP contribution in [-0.2, 0) is 0 Å². The molecular formula is C15H11ClINO3. The van der Waals surface area contributed by atoms with Gasteiger partial charge >= 0.3 is 5.97 Å². The average molecular weight is 416 g/mol. The lowest BCUT2D eigenvalue weighted by molar-refractivity contribution is 0.0698. The van der Waals surface area contributed by atoms with Crippen LogP contribution in [0.25, 0.3) is 0 Å². The first-order chi connectivity index (χ1) is 9.86. The van der Waals surface area contributed by atoms with Crippen LogP contribution in [0.3, 0.4) is 0 Å². The molecule has 0 atom stereocenters. The Hall–Kier alpha value is -1.60. The van der Waals surface area contributed by atoms with Crippen LogP contribution in [0, 0.1) is 10.5 Å². The van der Waals surface area contributed by atoms with Crippen molar-refractivity contribution in [3.8, 4) is 0 Å². The van der Waals surface area contributed by atoms with Gasteiger partial charge in [-0.05, 0) is 71.5 Å². The predicted molar refractivity (Wildman–Crippen MR) is 90.3 cm³/mol. The van der Waals surface area contributed by atoms with E-state index in [-0.39, 0.29) is 11.3 Å². The van der Waals surface area contributed by atoms with Gasteiger partial charge in [-0.15, -0.1) is 0 Å². The Labute approximate surface area is 140 Å². The molecule has 0 saturated heterocycles. The Morgan fingerprint density at radius 3 is 2.52 bits per heavy atom. The minimum Gasteiger partial charge on any atom is -0.478 e. The summed E-state index contributed by atoms with van der Waals surface area (Å²) in [4.78, 5) is 23.4. The fourth-order valence-electron chi connectivity index (χ4n) is 1.86. The Kier molecular flexibility index (Phi) is 4.84. The monoisotopic (exact) mass is 415 g/mol. The molecule has 108 valence electrons. The fraction of sp³-hybridized carbons (Fsp3) is 0.0667. The summed E-state index contributed by atoms with van der Waals surface area (Å²) in [6.07, 6.45) is 0. The van der Waals surface area contributed by atoms with Gasteiger partial charge in [0, 0.05) is 14.2 Å². The first-order valence-electron chi connectivity index (χ1n) is 5.98. The number of benzene rings is 2. The van der Waals surface area contributed by atoms with Gasteiger partial charge in [0.25, 0.3) is 5.91 Å². The molecule has 0 aromatic heterocycles. The molecule has 0 spiro atoms. The second kappa shape index (κ2) is 6.44. The van der Waals surface area contributed by atoms with Crippen molar-refractivity contribution in [3.63, 3.8) is 0 Å². The summed E-state index contributed by atoms with van der Waals surface area (Å²) in [5.41, 5.74) is 1.54. The van der Waals surface area contributed by atoms with Gasteiger partial charge in [0.2, 0.25) is 0 Å². The molecule has 0 aliphatic heterocycles. The number of amides is 1. The Bertz CT molecular complexity index is 711. The second-order valence-electron chi connectivity index (χ2n) is 4.47. The SMILES string of the molecule is Cc1cc(Cl)cc(C(=O)Nc2ccc(I)cc2C(=O)O)c1. The molecule has 0 aliphatic carbocycles. The van der Waals surface area contributed by atoms with Gasteiger partial charge < -0.3 is 10.4 Å². The molecule has 21 heavy (non-hydrogen) atoms. The van der Waals surface area contributed by atoms with Crippen molar-refractivity contribution in [2.75, 3.05) is 5.32 Å². The molecule has 2 aromatic carbocycles. The first-order valence-corrected chi connectivity index (χ1v) is 7.44. The minimum absolute atomic E-state index is 0.0500. The normalized spacial score (nSPS) is 10.2. The van der Waals surface area contributed by atoms with E-state index in [1.165, 1.54) is 12.1 Å². The molecule has 0 aliphatic rings. The van der Waals surface area contributed by atoms with E-state index in [1.54, 1.807) is 24.3 Å². The summed E-state index contributed by atoms with van der Waals surface area (Å²) in [5, 5.41) is 12.3. The smallest absolute Gasteiger partial charge is 0.337 e. The van der Waals surface area contributed by atoms with Crippen LogP contribution < -0.4 is 5.32 Å². The number of carbonyl (C=O) groups excluding carboxylic acids is 1. The van der Waals surface area contributed by atoms with Gasteiger partial charge in [0.15, 0.2) is 0 Å². The quantitative estimate of drug-likeness (QED) is 0.738. The Morgan fingerprint density at radius 2 is 1.90 bits per heavy atom. The van der Waals surface area contributed by atoms with Gasteiger partial charge in [-0.3, -0.25) is 4.79 Å². The maximum Gasteiger partial charge on any atom is 0.337 e. The lowest BCUT2D eigenvalue weighted by Gasteiger charge is -2.10. The van der Waals surface area contributed by atoms with Gasteiger partial charge in [-0.25, -0.2) is 4.79 Å². The van der Waals surface area contributed by atoms with Crippen molar-refractivity contribution >= 4 is 51.8 Å². The van der Waals surface area contributed by atoms with E-state index in [0.717, 1.165) is 9.13 Å². The van der Waals surface area contributed by atoms with Crippen molar-refractivity contribution in [3.05, 3.63) is 61.7 Å². The molecule has 1 amide bonds. The molecule has 4 nitrogen and oxygen atoms in total. The molecule has 2 N–H and O–H groups in total. The molecule has 0 unspecified atom stereocenters. The van der Waals surface area contributed by atoms with E-state index < -0.39 is 11.9 Å². The van der Waals surface area contributed by atoms with Gasteiger partial charge in [-0.2, -0.15) is 0 Å². The molecule has 0 bridgehead atoms. The van der Waals surface area contributed by atoms with Crippen molar-refractivity contribution in [2.45, 2.75) is 6.92 Å². The maximum absolute atomic E-state index is 12.2. The number of nitrogens with one attached hydrogen (secondary N) is 1. The van der Waals surface area contributed by atoms with Crippen LogP contribution >= 0.6 is 34.2 Å². The molecule has 0 radical (unpaired) electrons. The van der Waals surface area contributed by atoms with Crippen LogP contribution in [0.1, 0.15) is 26.3 Å². The van der Waals surface area contributed by atoms with Crippen molar-refractivity contribution in [1.82, 2.24) is 0 Å². The third kappa shape index (κ3) is 3.95. The number of anilines is 1. The van der Waals surface area contributed by atoms with Crippen molar-refractivity contribution in [2.24, 2.45) is 0 Å². The number of carboxylic acids is 1. The van der Waals surface area contributed by atoms with Crippen LogP contribution in [0.5, 0.6) is 0 Å². The number of carboxylic acid groups (broad SMARTS) is 1. The number of aryl methyl sites for hydroxylation is 1. The summed E-state index contributed by atoms with van der Waals surface area (Å²) >= 11 is 7.94. The van der Waals surface area contributed by atoms with Gasteiger partial charge in [0.1, 0.15) is 0 Å². The highest BCUT2D eigenvalue weighted by atomic mass is 127. The minimum atomic E-state index is -1.09. The van der Waals surface area contributed by atoms with E-state index in [0.29, 0.717) is 10.6 Å². The molecule has 2 rings (SSSR count). The zero-order valence-corrected chi connectivity index (χ0v) is 13.9. The number of halogens is 2. The number of rotatable bonds is 3. The molecule has 0 saturated carbocycles. The lowest BCUT2D eigenvalue weighted by atomic mass is 10.1. The second-order valence-corrected chi connectivity index (χ2v) is 6.15. The van der Waals surface area contributed by atoms with Crippen LogP contribution in [-0.4, -0.2) is 17.0 Å². The van der Waals surface area contributed by atoms with E-state index in [4.69, 9.17) is 11.6 Å². The highest BCUT2D eigenvalue weighted by molar-refractivity contribution is 14.1. The van der Waals surface area contributed by atoms with Crippen LogP contribution in [0.4, 0.5) is 5.69 Å². The molecule has 0 fully saturated rings. The average Bonchev–Trinajstić information content (AvgIpc) is 2.39. The molecular weight excluding hydrogens is 405 g/mol. The highest BCUT2D eigenvalue weighted by Gasteiger charge is 2.14. The van der Waals surface area contributed by atoms with Crippen molar-refractivity contribution < 1.29 is 14.7 Å². The number of carbonyl (C=O) groups is 2. The Morgan fingerprint density at radius 1 is 1.19 bits per heavy atom. The zero-order chi connectivity index (χ0) is 15.6. The first kappa shape index (κ1) is 15.8. The third-order valence-electron chi connectivity index (χ3n) is 2.76. The van der Waals surface area contributed by atoms with E-state index in [9.17, 15) is 14.7 Å². The number of aromatic carboxylic acids is 1. The van der Waals surface area contributed by atoms with Gasteiger partial charge in [-0.1, -0.05) is 11.6 Å². The lowest BCUT2D eigenvalue weighted by Crippen LogP contribution is -2.15. The number of hydrogen-bond acceptors (Lipinski definition) is 2. The summed E-state index contributed by atoms with van der Waals surface area (Å²) in [5.74, 6) is -1.49. The summed E-state index contributed by atoms with van der Waals surface area (Å²) in [6, 6.07) is 9.77. The largest absolute Gasteiger partial charge is 0.478 e. The van der Waals surface area contributed by atoms with E-state index >= 15 is 0 Å². The summed E-state index contributed by atoms with van der Waals surface area (Å²) < 4.78 is 0.779. The summed E-state index contributed by atoms with van der Waals surface area (Å²) in [7, 11) is 0. The Balaban J connectivity index is 2.33. The van der Waals surface area contributed by atoms with Crippen LogP contribution in [0.2, 0.25) is 5.02 Å². The molecule has 0 heterocycles. The number of hydrogen-bond donors (Lipinski definition) is 2. The predicted octanol–water partition coefficient (Wildman–Crippen LogP) is 4.20. The van der Waals surface area contributed by atoms with Crippen LogP contribution in [0.15, 0.2) is 36.4 Å². The standard InChI is InChI=1S/C15H11ClINO3/c1-8-4-9(6-10(16)5-8)14(19)18-13-3-2-11(17)7-12(13)15(20)21/h2-7H,1H3,(H,18,19)(H,20,21). The maximum atomic E-state index is 12.2. The molecule has 2 aromatic rings. The summed E-state index contributed by atoms with van der Waals surface area (Å²) in [6.45, 7) is 1.83. The third-order valence-corrected chi connectivity index (χ3v) is 3.65. The topological polar surface area (TPSA) is 66.4 Å².